The van der Waals surface area contributed by atoms with Crippen LogP contribution < -0.4 is 9.47 Å². The van der Waals surface area contributed by atoms with Crippen LogP contribution in [0.2, 0.25) is 0 Å². The highest BCUT2D eigenvalue weighted by atomic mass is 19.1. The largest absolute Gasteiger partial charge is 0.478 e. The molecule has 0 aliphatic carbocycles. The quantitative estimate of drug-likeness (QED) is 0.307. The van der Waals surface area contributed by atoms with E-state index in [4.69, 9.17) is 24.5 Å². The van der Waals surface area contributed by atoms with Gasteiger partial charge in [-0.05, 0) is 60.9 Å². The molecule has 2 atom stereocenters. The Morgan fingerprint density at radius 3 is 2.77 bits per heavy atom. The third kappa shape index (κ3) is 4.90. The SMILES string of the molecule is CC1(c2ccc(C#N)cc2F)Oc2cccc(C3=CCN(Cc4nc5ccc(C(=O)O)cc5n4CC4CCO4)CC3)c2O1. The van der Waals surface area contributed by atoms with E-state index < -0.39 is 17.6 Å². The molecule has 1 fully saturated rings. The number of ether oxygens (including phenoxy) is 3. The number of nitriles is 1. The van der Waals surface area contributed by atoms with Gasteiger partial charge in [0.15, 0.2) is 11.5 Å². The van der Waals surface area contributed by atoms with Crippen LogP contribution in [0.3, 0.4) is 0 Å². The maximum atomic E-state index is 14.9. The monoisotopic (exact) mass is 580 g/mol. The van der Waals surface area contributed by atoms with Crippen molar-refractivity contribution in [3.05, 3.63) is 94.6 Å². The number of aromatic nitrogens is 2. The van der Waals surface area contributed by atoms with Crippen molar-refractivity contribution in [1.82, 2.24) is 14.5 Å². The lowest BCUT2D eigenvalue weighted by Gasteiger charge is -2.29. The number of fused-ring (bicyclic) bond motifs is 2. The Kier molecular flexibility index (Phi) is 6.64. The molecule has 0 radical (unpaired) electrons. The number of hydrogen-bond donors (Lipinski definition) is 1. The van der Waals surface area contributed by atoms with Crippen molar-refractivity contribution in [1.29, 1.82) is 5.26 Å². The third-order valence-corrected chi connectivity index (χ3v) is 8.43. The Morgan fingerprint density at radius 1 is 1.21 bits per heavy atom. The molecule has 1 saturated heterocycles. The first-order chi connectivity index (χ1) is 20.8. The maximum absolute atomic E-state index is 14.9. The van der Waals surface area contributed by atoms with Crippen LogP contribution in [0, 0.1) is 17.1 Å². The average Bonchev–Trinajstić information content (AvgIpc) is 3.51. The molecular formula is C33H29FN4O5. The summed E-state index contributed by atoms with van der Waals surface area (Å²) in [7, 11) is 0. The molecule has 2 unspecified atom stereocenters. The first kappa shape index (κ1) is 27.1. The number of aromatic carboxylic acids is 1. The van der Waals surface area contributed by atoms with Crippen LogP contribution in [-0.2, 0) is 23.6 Å². The van der Waals surface area contributed by atoms with Gasteiger partial charge in [0.25, 0.3) is 5.79 Å². The van der Waals surface area contributed by atoms with Crippen LogP contribution in [-0.4, -0.2) is 51.3 Å². The second-order valence-electron chi connectivity index (χ2n) is 11.2. The predicted molar refractivity (Wildman–Crippen MR) is 155 cm³/mol. The summed E-state index contributed by atoms with van der Waals surface area (Å²) in [6, 6.07) is 17.0. The molecule has 10 heteroatoms. The van der Waals surface area contributed by atoms with E-state index in [9.17, 15) is 14.3 Å². The van der Waals surface area contributed by atoms with Crippen LogP contribution in [0.5, 0.6) is 11.5 Å². The molecule has 9 nitrogen and oxygen atoms in total. The molecule has 0 saturated carbocycles. The van der Waals surface area contributed by atoms with Crippen molar-refractivity contribution in [3.8, 4) is 17.6 Å². The van der Waals surface area contributed by atoms with Crippen molar-refractivity contribution >= 4 is 22.6 Å². The molecule has 0 bridgehead atoms. The van der Waals surface area contributed by atoms with Crippen LogP contribution in [0.4, 0.5) is 4.39 Å². The topological polar surface area (TPSA) is 110 Å². The lowest BCUT2D eigenvalue weighted by Crippen LogP contribution is -2.34. The molecule has 4 heterocycles. The number of carbonyl (C=O) groups is 1. The average molecular weight is 581 g/mol. The minimum Gasteiger partial charge on any atom is -0.478 e. The fourth-order valence-corrected chi connectivity index (χ4v) is 6.00. The summed E-state index contributed by atoms with van der Waals surface area (Å²) in [5.74, 6) is -0.889. The lowest BCUT2D eigenvalue weighted by molar-refractivity contribution is -0.0708. The van der Waals surface area contributed by atoms with Gasteiger partial charge in [-0.2, -0.15) is 5.26 Å². The van der Waals surface area contributed by atoms with Gasteiger partial charge in [0.05, 0.1) is 53.0 Å². The highest BCUT2D eigenvalue weighted by Gasteiger charge is 2.42. The molecular weight excluding hydrogens is 551 g/mol. The molecule has 7 rings (SSSR count). The minimum absolute atomic E-state index is 0.100. The third-order valence-electron chi connectivity index (χ3n) is 8.43. The van der Waals surface area contributed by atoms with E-state index in [0.29, 0.717) is 31.1 Å². The summed E-state index contributed by atoms with van der Waals surface area (Å²) < 4.78 is 35.1. The highest BCUT2D eigenvalue weighted by Crippen LogP contribution is 2.49. The number of carboxylic acid groups (broad SMARTS) is 1. The van der Waals surface area contributed by atoms with Crippen molar-refractivity contribution in [2.45, 2.75) is 44.7 Å². The highest BCUT2D eigenvalue weighted by molar-refractivity contribution is 5.92. The maximum Gasteiger partial charge on any atom is 0.335 e. The standard InChI is InChI=1S/C33H29FN4O5/c1-33(25-7-5-20(17-35)15-26(25)34)42-29-4-2-3-24(31(29)43-33)21-9-12-37(13-10-21)19-30-36-27-8-6-22(32(39)40)16-28(27)38(30)18-23-11-14-41-23/h2-9,15-16,23H,10-14,18-19H2,1H3,(H,39,40). The number of nitrogens with zero attached hydrogens (tertiary/aromatic N) is 4. The molecule has 1 N–H and O–H groups in total. The first-order valence-electron chi connectivity index (χ1n) is 14.3. The Labute approximate surface area is 247 Å². The van der Waals surface area contributed by atoms with Crippen molar-refractivity contribution < 1.29 is 28.5 Å². The van der Waals surface area contributed by atoms with E-state index in [0.717, 1.165) is 54.0 Å². The smallest absolute Gasteiger partial charge is 0.335 e. The molecule has 4 aromatic rings. The number of para-hydroxylation sites is 1. The Bertz CT molecular complexity index is 1840. The second-order valence-corrected chi connectivity index (χ2v) is 11.2. The molecule has 0 amide bonds. The van der Waals surface area contributed by atoms with E-state index in [1.54, 1.807) is 31.2 Å². The van der Waals surface area contributed by atoms with E-state index in [1.165, 1.54) is 12.1 Å². The second kappa shape index (κ2) is 10.5. The fraction of sp³-hybridized carbons (Fsp3) is 0.303. The zero-order valence-electron chi connectivity index (χ0n) is 23.5. The van der Waals surface area contributed by atoms with E-state index in [1.807, 2.05) is 24.3 Å². The van der Waals surface area contributed by atoms with E-state index in [-0.39, 0.29) is 22.8 Å². The Hall–Kier alpha value is -4.72. The van der Waals surface area contributed by atoms with Gasteiger partial charge in [-0.15, -0.1) is 0 Å². The zero-order chi connectivity index (χ0) is 29.7. The van der Waals surface area contributed by atoms with Crippen molar-refractivity contribution in [2.24, 2.45) is 0 Å². The summed E-state index contributed by atoms with van der Waals surface area (Å²) in [6.07, 6.45) is 4.00. The lowest BCUT2D eigenvalue weighted by atomic mass is 9.98. The minimum atomic E-state index is -1.36. The van der Waals surface area contributed by atoms with Gasteiger partial charge in [-0.25, -0.2) is 14.2 Å². The Balaban J connectivity index is 1.12. The number of rotatable bonds is 7. The van der Waals surface area contributed by atoms with Crippen LogP contribution in [0.25, 0.3) is 16.6 Å². The summed E-state index contributed by atoms with van der Waals surface area (Å²) in [6.45, 7) is 5.13. The van der Waals surface area contributed by atoms with Crippen LogP contribution in [0.15, 0.2) is 60.7 Å². The molecule has 43 heavy (non-hydrogen) atoms. The fourth-order valence-electron chi connectivity index (χ4n) is 6.00. The molecule has 1 aromatic heterocycles. The summed E-state index contributed by atoms with van der Waals surface area (Å²) >= 11 is 0. The molecule has 3 aliphatic heterocycles. The molecule has 0 spiro atoms. The number of hydrogen-bond acceptors (Lipinski definition) is 7. The van der Waals surface area contributed by atoms with E-state index >= 15 is 0 Å². The Morgan fingerprint density at radius 2 is 2.07 bits per heavy atom. The van der Waals surface area contributed by atoms with Gasteiger partial charge >= 0.3 is 5.97 Å². The van der Waals surface area contributed by atoms with E-state index in [2.05, 4.69) is 15.5 Å². The molecule has 3 aliphatic rings. The van der Waals surface area contributed by atoms with Gasteiger partial charge in [0.1, 0.15) is 11.6 Å². The number of benzene rings is 3. The van der Waals surface area contributed by atoms with Gasteiger partial charge in [0, 0.05) is 32.2 Å². The zero-order valence-corrected chi connectivity index (χ0v) is 23.5. The van der Waals surface area contributed by atoms with Crippen molar-refractivity contribution in [3.63, 3.8) is 0 Å². The molecule has 3 aromatic carbocycles. The van der Waals surface area contributed by atoms with Gasteiger partial charge < -0.3 is 23.9 Å². The number of imidazole rings is 1. The molecule has 218 valence electrons. The van der Waals surface area contributed by atoms with Gasteiger partial charge in [-0.3, -0.25) is 4.90 Å². The van der Waals surface area contributed by atoms with Gasteiger partial charge in [0.2, 0.25) is 0 Å². The number of halogens is 1. The van der Waals surface area contributed by atoms with Gasteiger partial charge in [-0.1, -0.05) is 18.2 Å². The number of carboxylic acids is 1. The summed E-state index contributed by atoms with van der Waals surface area (Å²) in [4.78, 5) is 18.8. The van der Waals surface area contributed by atoms with Crippen LogP contribution in [0.1, 0.15) is 52.6 Å². The predicted octanol–water partition coefficient (Wildman–Crippen LogP) is 5.47. The summed E-state index contributed by atoms with van der Waals surface area (Å²) in [5, 5.41) is 18.6. The normalized spacial score (nSPS) is 21.3. The first-order valence-corrected chi connectivity index (χ1v) is 14.3. The van der Waals surface area contributed by atoms with Crippen LogP contribution >= 0.6 is 0 Å². The summed E-state index contributed by atoms with van der Waals surface area (Å²) in [5.41, 5.74) is 4.29. The van der Waals surface area contributed by atoms with Crippen molar-refractivity contribution in [2.75, 3.05) is 19.7 Å².